The molecule has 1 heterocycles. The molecule has 2 aromatic carbocycles. The van der Waals surface area contributed by atoms with Gasteiger partial charge in [-0.15, -0.1) is 0 Å². The van der Waals surface area contributed by atoms with E-state index in [0.717, 1.165) is 22.7 Å². The van der Waals surface area contributed by atoms with E-state index < -0.39 is 0 Å². The van der Waals surface area contributed by atoms with Crippen LogP contribution in [-0.4, -0.2) is 18.0 Å². The summed E-state index contributed by atoms with van der Waals surface area (Å²) in [7, 11) is 1.62. The number of hydrogen-bond acceptors (Lipinski definition) is 3. The summed E-state index contributed by atoms with van der Waals surface area (Å²) in [6.45, 7) is 2.35. The zero-order valence-corrected chi connectivity index (χ0v) is 14.3. The number of ether oxygens (including phenoxy) is 1. The third kappa shape index (κ3) is 4.04. The molecule has 0 spiro atoms. The van der Waals surface area contributed by atoms with Crippen molar-refractivity contribution in [1.82, 2.24) is 4.98 Å². The lowest BCUT2D eigenvalue weighted by Gasteiger charge is -2.23. The molecule has 0 radical (unpaired) electrons. The molecule has 4 nitrogen and oxygen atoms in total. The molecule has 126 valence electrons. The Balaban J connectivity index is 1.96. The van der Waals surface area contributed by atoms with E-state index in [2.05, 4.69) is 4.98 Å². The van der Waals surface area contributed by atoms with Gasteiger partial charge in [0, 0.05) is 11.4 Å². The molecule has 0 saturated carbocycles. The molecule has 0 fully saturated rings. The van der Waals surface area contributed by atoms with E-state index in [-0.39, 0.29) is 5.91 Å². The van der Waals surface area contributed by atoms with Crippen LogP contribution in [0.15, 0.2) is 72.8 Å². The summed E-state index contributed by atoms with van der Waals surface area (Å²) in [6.07, 6.45) is 0. The number of aromatic nitrogens is 1. The topological polar surface area (TPSA) is 42.4 Å². The largest absolute Gasteiger partial charge is 0.497 e. The summed E-state index contributed by atoms with van der Waals surface area (Å²) in [5, 5.41) is 0. The molecular formula is C21H20N2O2. The van der Waals surface area contributed by atoms with Crippen LogP contribution < -0.4 is 9.64 Å². The molecule has 0 aliphatic heterocycles. The van der Waals surface area contributed by atoms with Gasteiger partial charge >= 0.3 is 0 Å². The second-order valence-corrected chi connectivity index (χ2v) is 5.74. The third-order valence-electron chi connectivity index (χ3n) is 3.92. The highest BCUT2D eigenvalue weighted by Crippen LogP contribution is 2.23. The molecule has 0 aliphatic carbocycles. The van der Waals surface area contributed by atoms with E-state index in [1.54, 1.807) is 18.1 Å². The number of anilines is 1. The Labute approximate surface area is 147 Å². The number of rotatable bonds is 5. The van der Waals surface area contributed by atoms with Crippen LogP contribution in [0.4, 0.5) is 5.69 Å². The van der Waals surface area contributed by atoms with Gasteiger partial charge in [-0.3, -0.25) is 4.79 Å². The number of benzene rings is 2. The number of carbonyl (C=O) groups excluding carboxylic acids is 1. The minimum atomic E-state index is -0.127. The van der Waals surface area contributed by atoms with Gasteiger partial charge in [-0.2, -0.15) is 0 Å². The molecule has 25 heavy (non-hydrogen) atoms. The van der Waals surface area contributed by atoms with E-state index >= 15 is 0 Å². The van der Waals surface area contributed by atoms with Crippen LogP contribution in [0.2, 0.25) is 0 Å². The van der Waals surface area contributed by atoms with E-state index in [1.165, 1.54) is 0 Å². The minimum absolute atomic E-state index is 0.127. The second-order valence-electron chi connectivity index (χ2n) is 5.74. The SMILES string of the molecule is COc1ccc(N(Cc2ccccc2)C(=O)c2cccc(C)n2)cc1. The van der Waals surface area contributed by atoms with Crippen molar-refractivity contribution in [2.75, 3.05) is 12.0 Å². The summed E-state index contributed by atoms with van der Waals surface area (Å²) < 4.78 is 5.21. The zero-order valence-electron chi connectivity index (χ0n) is 14.3. The Kier molecular flexibility index (Phi) is 5.09. The van der Waals surface area contributed by atoms with Gasteiger partial charge in [-0.05, 0) is 48.9 Å². The number of aryl methyl sites for hydroxylation is 1. The number of amides is 1. The second kappa shape index (κ2) is 7.62. The highest BCUT2D eigenvalue weighted by atomic mass is 16.5. The standard InChI is InChI=1S/C21H20N2O2/c1-16-7-6-10-20(22-16)21(24)23(15-17-8-4-3-5-9-17)18-11-13-19(25-2)14-12-18/h3-14H,15H2,1-2H3. The van der Waals surface area contributed by atoms with Crippen LogP contribution in [0, 0.1) is 6.92 Å². The average molecular weight is 332 g/mol. The van der Waals surface area contributed by atoms with Crippen molar-refractivity contribution in [2.24, 2.45) is 0 Å². The predicted octanol–water partition coefficient (Wildman–Crippen LogP) is 4.25. The highest BCUT2D eigenvalue weighted by Gasteiger charge is 2.19. The van der Waals surface area contributed by atoms with Gasteiger partial charge in [-0.25, -0.2) is 4.98 Å². The number of methoxy groups -OCH3 is 1. The molecule has 1 amide bonds. The Morgan fingerprint density at radius 2 is 1.68 bits per heavy atom. The first kappa shape index (κ1) is 16.7. The van der Waals surface area contributed by atoms with E-state index in [1.807, 2.05) is 73.7 Å². The van der Waals surface area contributed by atoms with Gasteiger partial charge < -0.3 is 9.64 Å². The van der Waals surface area contributed by atoms with Gasteiger partial charge in [0.05, 0.1) is 13.7 Å². The molecular weight excluding hydrogens is 312 g/mol. The van der Waals surface area contributed by atoms with Gasteiger partial charge in [0.25, 0.3) is 5.91 Å². The Morgan fingerprint density at radius 1 is 0.960 bits per heavy atom. The van der Waals surface area contributed by atoms with Gasteiger partial charge in [-0.1, -0.05) is 36.4 Å². The van der Waals surface area contributed by atoms with Crippen molar-refractivity contribution < 1.29 is 9.53 Å². The van der Waals surface area contributed by atoms with Crippen molar-refractivity contribution in [3.8, 4) is 5.75 Å². The van der Waals surface area contributed by atoms with Crippen LogP contribution in [0.3, 0.4) is 0 Å². The zero-order chi connectivity index (χ0) is 17.6. The fourth-order valence-corrected chi connectivity index (χ4v) is 2.61. The van der Waals surface area contributed by atoms with Crippen LogP contribution in [-0.2, 0) is 6.54 Å². The van der Waals surface area contributed by atoms with E-state index in [0.29, 0.717) is 12.2 Å². The highest BCUT2D eigenvalue weighted by molar-refractivity contribution is 6.04. The van der Waals surface area contributed by atoms with Crippen LogP contribution in [0.5, 0.6) is 5.75 Å². The number of pyridine rings is 1. The van der Waals surface area contributed by atoms with Gasteiger partial charge in [0.1, 0.15) is 11.4 Å². The van der Waals surface area contributed by atoms with Crippen molar-refractivity contribution in [3.05, 3.63) is 89.7 Å². The maximum atomic E-state index is 13.1. The van der Waals surface area contributed by atoms with Crippen LogP contribution in [0.25, 0.3) is 0 Å². The average Bonchev–Trinajstić information content (AvgIpc) is 2.66. The lowest BCUT2D eigenvalue weighted by molar-refractivity contribution is 0.0980. The molecule has 3 rings (SSSR count). The van der Waals surface area contributed by atoms with Crippen molar-refractivity contribution in [1.29, 1.82) is 0 Å². The predicted molar refractivity (Wildman–Crippen MR) is 98.9 cm³/mol. The molecule has 0 atom stereocenters. The molecule has 0 saturated heterocycles. The summed E-state index contributed by atoms with van der Waals surface area (Å²) >= 11 is 0. The Morgan fingerprint density at radius 3 is 2.32 bits per heavy atom. The summed E-state index contributed by atoms with van der Waals surface area (Å²) in [5.41, 5.74) is 3.12. The quantitative estimate of drug-likeness (QED) is 0.701. The van der Waals surface area contributed by atoms with Crippen molar-refractivity contribution in [2.45, 2.75) is 13.5 Å². The molecule has 0 bridgehead atoms. The monoisotopic (exact) mass is 332 g/mol. The van der Waals surface area contributed by atoms with Crippen LogP contribution >= 0.6 is 0 Å². The molecule has 0 unspecified atom stereocenters. The number of carbonyl (C=O) groups is 1. The molecule has 4 heteroatoms. The van der Waals surface area contributed by atoms with Gasteiger partial charge in [0.2, 0.25) is 0 Å². The fourth-order valence-electron chi connectivity index (χ4n) is 2.61. The maximum absolute atomic E-state index is 13.1. The first-order valence-electron chi connectivity index (χ1n) is 8.11. The third-order valence-corrected chi connectivity index (χ3v) is 3.92. The molecule has 0 aliphatic rings. The van der Waals surface area contributed by atoms with Crippen molar-refractivity contribution in [3.63, 3.8) is 0 Å². The Hall–Kier alpha value is -3.14. The van der Waals surface area contributed by atoms with E-state index in [9.17, 15) is 4.79 Å². The van der Waals surface area contributed by atoms with E-state index in [4.69, 9.17) is 4.74 Å². The van der Waals surface area contributed by atoms with Crippen LogP contribution in [0.1, 0.15) is 21.7 Å². The lowest BCUT2D eigenvalue weighted by atomic mass is 10.1. The first-order valence-corrected chi connectivity index (χ1v) is 8.11. The normalized spacial score (nSPS) is 10.3. The Bertz CT molecular complexity index is 845. The summed E-state index contributed by atoms with van der Waals surface area (Å²) in [6, 6.07) is 22.9. The smallest absolute Gasteiger partial charge is 0.277 e. The minimum Gasteiger partial charge on any atom is -0.497 e. The fraction of sp³-hybridized carbons (Fsp3) is 0.143. The number of nitrogens with zero attached hydrogens (tertiary/aromatic N) is 2. The molecule has 3 aromatic rings. The number of hydrogen-bond donors (Lipinski definition) is 0. The van der Waals surface area contributed by atoms with Crippen molar-refractivity contribution >= 4 is 11.6 Å². The maximum Gasteiger partial charge on any atom is 0.277 e. The molecule has 1 aromatic heterocycles. The lowest BCUT2D eigenvalue weighted by Crippen LogP contribution is -2.31. The summed E-state index contributed by atoms with van der Waals surface area (Å²) in [4.78, 5) is 19.2. The summed E-state index contributed by atoms with van der Waals surface area (Å²) in [5.74, 6) is 0.627. The van der Waals surface area contributed by atoms with Gasteiger partial charge in [0.15, 0.2) is 0 Å². The first-order chi connectivity index (χ1) is 12.2. The molecule has 0 N–H and O–H groups in total.